The molecule has 2 heterocycles. The molecule has 0 amide bonds. The highest BCUT2D eigenvalue weighted by Gasteiger charge is 2.61. The van der Waals surface area contributed by atoms with Gasteiger partial charge in [-0.2, -0.15) is 0 Å². The summed E-state index contributed by atoms with van der Waals surface area (Å²) in [5.41, 5.74) is -1.60. The smallest absolute Gasteiger partial charge is 0.164 e. The third kappa shape index (κ3) is 1.30. The second kappa shape index (κ2) is 2.84. The molecule has 2 saturated heterocycles. The first-order valence-electron chi connectivity index (χ1n) is 4.29. The molecule has 2 fully saturated rings. The van der Waals surface area contributed by atoms with Crippen LogP contribution in [0.15, 0.2) is 0 Å². The summed E-state index contributed by atoms with van der Waals surface area (Å²) in [5.74, 6) is -0.0273. The van der Waals surface area contributed by atoms with E-state index in [1.807, 2.05) is 0 Å². The van der Waals surface area contributed by atoms with Gasteiger partial charge >= 0.3 is 0 Å². The lowest BCUT2D eigenvalue weighted by Crippen LogP contribution is -2.48. The standard InChI is InChI=1S/C8H14O4S/c1-7(2)11-5-3-13-6(10)8(5,4-9)12-7/h5-6,9-10H,3-4H2,1-2H3/t5-,6?,8-/m0/s1. The van der Waals surface area contributed by atoms with Crippen molar-refractivity contribution in [3.8, 4) is 0 Å². The van der Waals surface area contributed by atoms with Crippen LogP contribution in [-0.2, 0) is 9.47 Å². The molecule has 76 valence electrons. The molecular weight excluding hydrogens is 192 g/mol. The van der Waals surface area contributed by atoms with Crippen molar-refractivity contribution in [2.24, 2.45) is 0 Å². The molecule has 0 aromatic rings. The van der Waals surface area contributed by atoms with E-state index in [4.69, 9.17) is 9.47 Å². The lowest BCUT2D eigenvalue weighted by Gasteiger charge is -2.28. The predicted octanol–water partition coefficient (Wildman–Crippen LogP) is -0.0658. The fourth-order valence-corrected chi connectivity index (χ4v) is 3.17. The zero-order chi connectivity index (χ0) is 9.69. The van der Waals surface area contributed by atoms with Crippen molar-refractivity contribution in [3.05, 3.63) is 0 Å². The third-order valence-electron chi connectivity index (χ3n) is 2.48. The number of thioether (sulfide) groups is 1. The van der Waals surface area contributed by atoms with Crippen LogP contribution < -0.4 is 0 Å². The lowest BCUT2D eigenvalue weighted by molar-refractivity contribution is -0.183. The van der Waals surface area contributed by atoms with Crippen LogP contribution in [0.3, 0.4) is 0 Å². The van der Waals surface area contributed by atoms with Gasteiger partial charge < -0.3 is 19.7 Å². The van der Waals surface area contributed by atoms with E-state index < -0.39 is 16.8 Å². The van der Waals surface area contributed by atoms with Crippen molar-refractivity contribution < 1.29 is 19.7 Å². The normalized spacial score (nSPS) is 48.0. The van der Waals surface area contributed by atoms with Gasteiger partial charge in [-0.25, -0.2) is 0 Å². The first-order chi connectivity index (χ1) is 6.00. The maximum absolute atomic E-state index is 9.68. The lowest BCUT2D eigenvalue weighted by atomic mass is 10.0. The van der Waals surface area contributed by atoms with Gasteiger partial charge in [0.25, 0.3) is 0 Å². The Morgan fingerprint density at radius 2 is 2.23 bits per heavy atom. The summed E-state index contributed by atoms with van der Waals surface area (Å²) in [6.07, 6.45) is -0.201. The fourth-order valence-electron chi connectivity index (χ4n) is 1.91. The zero-order valence-electron chi connectivity index (χ0n) is 7.69. The Morgan fingerprint density at radius 1 is 1.54 bits per heavy atom. The molecule has 2 N–H and O–H groups in total. The molecule has 0 bridgehead atoms. The Morgan fingerprint density at radius 3 is 2.77 bits per heavy atom. The topological polar surface area (TPSA) is 58.9 Å². The fraction of sp³-hybridized carbons (Fsp3) is 1.00. The minimum Gasteiger partial charge on any atom is -0.393 e. The molecule has 2 rings (SSSR count). The van der Waals surface area contributed by atoms with E-state index >= 15 is 0 Å². The van der Waals surface area contributed by atoms with E-state index in [0.717, 1.165) is 0 Å². The summed E-state index contributed by atoms with van der Waals surface area (Å²) < 4.78 is 11.2. The Hall–Kier alpha value is 0.190. The molecule has 0 radical (unpaired) electrons. The van der Waals surface area contributed by atoms with Crippen molar-refractivity contribution in [2.75, 3.05) is 12.4 Å². The molecule has 2 aliphatic heterocycles. The summed E-state index contributed by atoms with van der Waals surface area (Å²) in [6.45, 7) is 3.38. The number of aliphatic hydroxyl groups is 2. The molecule has 0 saturated carbocycles. The molecule has 0 spiro atoms. The van der Waals surface area contributed by atoms with Gasteiger partial charge in [0.05, 0.1) is 6.61 Å². The maximum Gasteiger partial charge on any atom is 0.164 e. The molecule has 0 aromatic heterocycles. The summed E-state index contributed by atoms with van der Waals surface area (Å²) >= 11 is 1.36. The molecule has 5 heteroatoms. The predicted molar refractivity (Wildman–Crippen MR) is 48.3 cm³/mol. The first-order valence-corrected chi connectivity index (χ1v) is 5.33. The van der Waals surface area contributed by atoms with Crippen LogP contribution in [-0.4, -0.2) is 45.5 Å². The van der Waals surface area contributed by atoms with Crippen LogP contribution >= 0.6 is 11.8 Å². The monoisotopic (exact) mass is 206 g/mol. The number of rotatable bonds is 1. The number of aliphatic hydroxyl groups excluding tert-OH is 2. The number of fused-ring (bicyclic) bond motifs is 1. The minimum absolute atomic E-state index is 0.199. The van der Waals surface area contributed by atoms with Gasteiger partial charge in [-0.15, -0.1) is 11.8 Å². The summed E-state index contributed by atoms with van der Waals surface area (Å²) in [7, 11) is 0. The first kappa shape index (κ1) is 9.73. The Balaban J connectivity index is 2.26. The van der Waals surface area contributed by atoms with Crippen molar-refractivity contribution in [2.45, 2.75) is 36.8 Å². The quantitative estimate of drug-likeness (QED) is 0.629. The zero-order valence-corrected chi connectivity index (χ0v) is 8.50. The van der Waals surface area contributed by atoms with Crippen LogP contribution in [0.25, 0.3) is 0 Å². The number of hydrogen-bond acceptors (Lipinski definition) is 5. The molecule has 4 nitrogen and oxygen atoms in total. The molecular formula is C8H14O4S. The minimum atomic E-state index is -0.909. The molecule has 3 atom stereocenters. The summed E-state index contributed by atoms with van der Waals surface area (Å²) in [5, 5.41) is 18.9. The Bertz CT molecular complexity index is 220. The Labute approximate surface area is 81.2 Å². The van der Waals surface area contributed by atoms with E-state index in [9.17, 15) is 10.2 Å². The molecule has 2 aliphatic rings. The van der Waals surface area contributed by atoms with E-state index in [2.05, 4.69) is 0 Å². The second-order valence-electron chi connectivity index (χ2n) is 3.91. The van der Waals surface area contributed by atoms with Crippen molar-refractivity contribution in [3.63, 3.8) is 0 Å². The van der Waals surface area contributed by atoms with Crippen molar-refractivity contribution in [1.29, 1.82) is 0 Å². The molecule has 0 aliphatic carbocycles. The van der Waals surface area contributed by atoms with Crippen LogP contribution in [0, 0.1) is 0 Å². The summed E-state index contributed by atoms with van der Waals surface area (Å²) in [6, 6.07) is 0. The highest BCUT2D eigenvalue weighted by molar-refractivity contribution is 8.00. The molecule has 13 heavy (non-hydrogen) atoms. The van der Waals surface area contributed by atoms with Crippen molar-refractivity contribution in [1.82, 2.24) is 0 Å². The van der Waals surface area contributed by atoms with Gasteiger partial charge in [0.2, 0.25) is 0 Å². The summed E-state index contributed by atoms with van der Waals surface area (Å²) in [4.78, 5) is 0. The maximum atomic E-state index is 9.68. The van der Waals surface area contributed by atoms with E-state index in [1.165, 1.54) is 11.8 Å². The number of ether oxygens (including phenoxy) is 2. The van der Waals surface area contributed by atoms with E-state index in [1.54, 1.807) is 13.8 Å². The van der Waals surface area contributed by atoms with Gasteiger partial charge in [0, 0.05) is 5.75 Å². The molecule has 0 aromatic carbocycles. The van der Waals surface area contributed by atoms with Crippen LogP contribution in [0.5, 0.6) is 0 Å². The van der Waals surface area contributed by atoms with Crippen LogP contribution in [0.4, 0.5) is 0 Å². The highest BCUT2D eigenvalue weighted by atomic mass is 32.2. The number of hydrogen-bond donors (Lipinski definition) is 2. The van der Waals surface area contributed by atoms with Crippen LogP contribution in [0.2, 0.25) is 0 Å². The van der Waals surface area contributed by atoms with E-state index in [0.29, 0.717) is 5.75 Å². The average Bonchev–Trinajstić information content (AvgIpc) is 2.46. The highest BCUT2D eigenvalue weighted by Crippen LogP contribution is 2.47. The van der Waals surface area contributed by atoms with Gasteiger partial charge in [-0.3, -0.25) is 0 Å². The van der Waals surface area contributed by atoms with Gasteiger partial charge in [-0.1, -0.05) is 0 Å². The third-order valence-corrected chi connectivity index (χ3v) is 3.69. The van der Waals surface area contributed by atoms with Gasteiger partial charge in [-0.05, 0) is 13.8 Å². The Kier molecular flexibility index (Phi) is 2.13. The SMILES string of the molecule is CC1(C)O[C@H]2CSC(O)[C@@]2(CO)O1. The average molecular weight is 206 g/mol. The van der Waals surface area contributed by atoms with E-state index in [-0.39, 0.29) is 12.7 Å². The van der Waals surface area contributed by atoms with Crippen LogP contribution in [0.1, 0.15) is 13.8 Å². The van der Waals surface area contributed by atoms with Gasteiger partial charge in [0.1, 0.15) is 11.5 Å². The largest absolute Gasteiger partial charge is 0.393 e. The second-order valence-corrected chi connectivity index (χ2v) is 5.02. The van der Waals surface area contributed by atoms with Gasteiger partial charge in [0.15, 0.2) is 11.4 Å². The molecule has 1 unspecified atom stereocenters. The van der Waals surface area contributed by atoms with Crippen molar-refractivity contribution >= 4 is 11.8 Å².